The van der Waals surface area contributed by atoms with Gasteiger partial charge in [-0.05, 0) is 35.7 Å². The van der Waals surface area contributed by atoms with E-state index in [1.807, 2.05) is 85.9 Å². The predicted molar refractivity (Wildman–Crippen MR) is 122 cm³/mol. The minimum Gasteiger partial charge on any atom is -0.462 e. The third kappa shape index (κ3) is 4.17. The molecule has 0 amide bonds. The molecular weight excluding hydrogens is 394 g/mol. The van der Waals surface area contributed by atoms with Crippen LogP contribution in [0, 0.1) is 0 Å². The molecule has 0 unspecified atom stereocenters. The van der Waals surface area contributed by atoms with Crippen LogP contribution < -0.4 is 0 Å². The molecule has 4 aromatic rings. The van der Waals surface area contributed by atoms with Crippen molar-refractivity contribution in [2.75, 3.05) is 6.61 Å². The summed E-state index contributed by atoms with van der Waals surface area (Å²) in [6, 6.07) is 27.7. The summed E-state index contributed by atoms with van der Waals surface area (Å²) in [5.74, 6) is -0.326. The zero-order valence-electron chi connectivity index (χ0n) is 16.7. The number of aromatic nitrogens is 1. The first kappa shape index (κ1) is 20.0. The van der Waals surface area contributed by atoms with Gasteiger partial charge in [0.15, 0.2) is 0 Å². The summed E-state index contributed by atoms with van der Waals surface area (Å²) >= 11 is 6.09. The van der Waals surface area contributed by atoms with Gasteiger partial charge in [-0.25, -0.2) is 4.79 Å². The predicted octanol–water partition coefficient (Wildman–Crippen LogP) is 6.70. The van der Waals surface area contributed by atoms with E-state index < -0.39 is 0 Å². The van der Waals surface area contributed by atoms with Gasteiger partial charge in [0, 0.05) is 23.3 Å². The number of nitrogens with zero attached hydrogens (tertiary/aromatic N) is 1. The first-order valence-corrected chi connectivity index (χ1v) is 10.3. The molecule has 1 heterocycles. The lowest BCUT2D eigenvalue weighted by Gasteiger charge is -2.12. The van der Waals surface area contributed by atoms with Gasteiger partial charge in [-0.15, -0.1) is 0 Å². The second-order valence-corrected chi connectivity index (χ2v) is 7.41. The van der Waals surface area contributed by atoms with Crippen molar-refractivity contribution >= 4 is 17.6 Å². The van der Waals surface area contributed by atoms with Gasteiger partial charge in [0.25, 0.3) is 0 Å². The molecule has 0 saturated heterocycles. The Bertz CT molecular complexity index is 1130. The Labute approximate surface area is 181 Å². The molecule has 3 nitrogen and oxygen atoms in total. The van der Waals surface area contributed by atoms with Crippen molar-refractivity contribution in [3.63, 3.8) is 0 Å². The summed E-state index contributed by atoms with van der Waals surface area (Å²) in [5, 5.41) is 0.656. The van der Waals surface area contributed by atoms with Crippen LogP contribution in [0.4, 0.5) is 0 Å². The van der Waals surface area contributed by atoms with Crippen LogP contribution in [0.2, 0.25) is 5.02 Å². The molecule has 0 N–H and O–H groups in total. The SMILES string of the molecule is CCOC(=O)c1c(-c2ccc(Cl)cc2)cn(Cc2ccccc2)c1-c1ccccc1. The number of hydrogen-bond acceptors (Lipinski definition) is 2. The van der Waals surface area contributed by atoms with E-state index in [1.54, 1.807) is 0 Å². The maximum Gasteiger partial charge on any atom is 0.340 e. The lowest BCUT2D eigenvalue weighted by Crippen LogP contribution is -2.08. The summed E-state index contributed by atoms with van der Waals surface area (Å²) in [4.78, 5) is 13.1. The van der Waals surface area contributed by atoms with Crippen LogP contribution in [0.15, 0.2) is 91.1 Å². The van der Waals surface area contributed by atoms with E-state index in [0.717, 1.165) is 27.9 Å². The molecule has 1 aromatic heterocycles. The molecule has 0 aliphatic rings. The van der Waals surface area contributed by atoms with Crippen LogP contribution in [0.1, 0.15) is 22.8 Å². The Morgan fingerprint density at radius 1 is 0.867 bits per heavy atom. The van der Waals surface area contributed by atoms with Gasteiger partial charge in [0.2, 0.25) is 0 Å². The zero-order valence-corrected chi connectivity index (χ0v) is 17.5. The van der Waals surface area contributed by atoms with Crippen LogP contribution in [0.3, 0.4) is 0 Å². The maximum atomic E-state index is 13.1. The molecule has 30 heavy (non-hydrogen) atoms. The summed E-state index contributed by atoms with van der Waals surface area (Å²) in [7, 11) is 0. The van der Waals surface area contributed by atoms with Crippen LogP contribution in [0.25, 0.3) is 22.4 Å². The van der Waals surface area contributed by atoms with Gasteiger partial charge < -0.3 is 9.30 Å². The average Bonchev–Trinajstić information content (AvgIpc) is 3.15. The fraction of sp³-hybridized carbons (Fsp3) is 0.115. The third-order valence-electron chi connectivity index (χ3n) is 4.96. The highest BCUT2D eigenvalue weighted by atomic mass is 35.5. The lowest BCUT2D eigenvalue weighted by atomic mass is 10.00. The third-order valence-corrected chi connectivity index (χ3v) is 5.21. The zero-order chi connectivity index (χ0) is 20.9. The normalized spacial score (nSPS) is 10.7. The molecule has 0 atom stereocenters. The number of benzene rings is 3. The van der Waals surface area contributed by atoms with E-state index in [-0.39, 0.29) is 5.97 Å². The Morgan fingerprint density at radius 3 is 2.13 bits per heavy atom. The number of carbonyl (C=O) groups is 1. The average molecular weight is 416 g/mol. The summed E-state index contributed by atoms with van der Waals surface area (Å²) in [5.41, 5.74) is 5.30. The summed E-state index contributed by atoms with van der Waals surface area (Å²) in [6.45, 7) is 2.78. The number of hydrogen-bond donors (Lipinski definition) is 0. The highest BCUT2D eigenvalue weighted by Gasteiger charge is 2.25. The topological polar surface area (TPSA) is 31.2 Å². The first-order chi connectivity index (χ1) is 14.7. The Morgan fingerprint density at radius 2 is 1.50 bits per heavy atom. The van der Waals surface area contributed by atoms with Gasteiger partial charge in [-0.1, -0.05) is 84.4 Å². The fourth-order valence-electron chi connectivity index (χ4n) is 3.63. The number of rotatable bonds is 6. The number of esters is 1. The molecule has 0 bridgehead atoms. The first-order valence-electron chi connectivity index (χ1n) is 9.93. The van der Waals surface area contributed by atoms with E-state index >= 15 is 0 Å². The maximum absolute atomic E-state index is 13.1. The Balaban J connectivity index is 1.95. The van der Waals surface area contributed by atoms with Gasteiger partial charge in [0.1, 0.15) is 0 Å². The van der Waals surface area contributed by atoms with E-state index in [4.69, 9.17) is 16.3 Å². The van der Waals surface area contributed by atoms with Crippen molar-refractivity contribution in [1.82, 2.24) is 4.57 Å². The van der Waals surface area contributed by atoms with Crippen molar-refractivity contribution in [2.45, 2.75) is 13.5 Å². The number of halogens is 1. The molecular formula is C26H22ClNO2. The molecule has 0 radical (unpaired) electrons. The van der Waals surface area contributed by atoms with Crippen molar-refractivity contribution in [2.24, 2.45) is 0 Å². The van der Waals surface area contributed by atoms with Crippen molar-refractivity contribution in [3.05, 3.63) is 107 Å². The van der Waals surface area contributed by atoms with Gasteiger partial charge in [0.05, 0.1) is 17.9 Å². The van der Waals surface area contributed by atoms with Crippen LogP contribution in [-0.4, -0.2) is 17.1 Å². The Kier molecular flexibility index (Phi) is 6.01. The minimum atomic E-state index is -0.326. The molecule has 0 saturated carbocycles. The fourth-order valence-corrected chi connectivity index (χ4v) is 3.75. The smallest absolute Gasteiger partial charge is 0.340 e. The standard InChI is InChI=1S/C26H22ClNO2/c1-2-30-26(29)24-23(20-13-15-22(27)16-14-20)18-28(17-19-9-5-3-6-10-19)25(24)21-11-7-4-8-12-21/h3-16,18H,2,17H2,1H3. The van der Waals surface area contributed by atoms with Crippen LogP contribution >= 0.6 is 11.6 Å². The highest BCUT2D eigenvalue weighted by molar-refractivity contribution is 6.30. The largest absolute Gasteiger partial charge is 0.462 e. The monoisotopic (exact) mass is 415 g/mol. The van der Waals surface area contributed by atoms with E-state index in [2.05, 4.69) is 16.7 Å². The molecule has 4 rings (SSSR count). The summed E-state index contributed by atoms with van der Waals surface area (Å²) in [6.07, 6.45) is 2.03. The van der Waals surface area contributed by atoms with Crippen LogP contribution in [-0.2, 0) is 11.3 Å². The second kappa shape index (κ2) is 9.02. The van der Waals surface area contributed by atoms with Crippen molar-refractivity contribution < 1.29 is 9.53 Å². The molecule has 0 aliphatic carbocycles. The molecule has 0 fully saturated rings. The Hall–Kier alpha value is -3.30. The molecule has 150 valence electrons. The van der Waals surface area contributed by atoms with Crippen molar-refractivity contribution in [3.8, 4) is 22.4 Å². The highest BCUT2D eigenvalue weighted by Crippen LogP contribution is 2.36. The molecule has 0 aliphatic heterocycles. The van der Waals surface area contributed by atoms with Crippen molar-refractivity contribution in [1.29, 1.82) is 0 Å². The number of ether oxygens (including phenoxy) is 1. The second-order valence-electron chi connectivity index (χ2n) is 6.97. The van der Waals surface area contributed by atoms with E-state index in [0.29, 0.717) is 23.7 Å². The van der Waals surface area contributed by atoms with Gasteiger partial charge in [-0.2, -0.15) is 0 Å². The quantitative estimate of drug-likeness (QED) is 0.328. The molecule has 4 heteroatoms. The summed E-state index contributed by atoms with van der Waals surface area (Å²) < 4.78 is 7.59. The van der Waals surface area contributed by atoms with E-state index in [1.165, 1.54) is 0 Å². The minimum absolute atomic E-state index is 0.316. The van der Waals surface area contributed by atoms with Gasteiger partial charge in [-0.3, -0.25) is 0 Å². The van der Waals surface area contributed by atoms with Gasteiger partial charge >= 0.3 is 5.97 Å². The van der Waals surface area contributed by atoms with E-state index in [9.17, 15) is 4.79 Å². The lowest BCUT2D eigenvalue weighted by molar-refractivity contribution is 0.0528. The van der Waals surface area contributed by atoms with Crippen LogP contribution in [0.5, 0.6) is 0 Å². The molecule has 0 spiro atoms. The molecule has 3 aromatic carbocycles. The number of carbonyl (C=O) groups excluding carboxylic acids is 1.